The van der Waals surface area contributed by atoms with Crippen LogP contribution in [0.15, 0.2) is 36.4 Å². The number of hydrogen-bond acceptors (Lipinski definition) is 3. The summed E-state index contributed by atoms with van der Waals surface area (Å²) in [5.74, 6) is 2.36. The van der Waals surface area contributed by atoms with E-state index >= 15 is 0 Å². The van der Waals surface area contributed by atoms with E-state index in [1.165, 1.54) is 53.6 Å². The molecular weight excluding hydrogens is 382 g/mol. The first-order valence-corrected chi connectivity index (χ1v) is 11.7. The molecule has 0 bridgehead atoms. The second-order valence-electron chi connectivity index (χ2n) is 11.0. The number of benzene rings is 2. The van der Waals surface area contributed by atoms with E-state index < -0.39 is 0 Å². The van der Waals surface area contributed by atoms with Crippen LogP contribution >= 0.6 is 0 Å². The lowest BCUT2D eigenvalue weighted by atomic mass is 9.69. The van der Waals surface area contributed by atoms with Crippen molar-refractivity contribution < 1.29 is 9.47 Å². The van der Waals surface area contributed by atoms with Crippen molar-refractivity contribution in [2.45, 2.75) is 71.9 Å². The number of hydrogen-bond donors (Lipinski definition) is 1. The van der Waals surface area contributed by atoms with Gasteiger partial charge >= 0.3 is 0 Å². The molecule has 0 aromatic heterocycles. The van der Waals surface area contributed by atoms with Crippen LogP contribution in [0, 0.1) is 11.3 Å². The maximum atomic E-state index is 6.84. The topological polar surface area (TPSA) is 30.5 Å². The largest absolute Gasteiger partial charge is 0.496 e. The van der Waals surface area contributed by atoms with E-state index in [-0.39, 0.29) is 11.6 Å². The van der Waals surface area contributed by atoms with Crippen molar-refractivity contribution in [3.63, 3.8) is 0 Å². The smallest absolute Gasteiger partial charge is 0.131 e. The number of rotatable bonds is 2. The minimum absolute atomic E-state index is 0.0548. The van der Waals surface area contributed by atoms with Crippen molar-refractivity contribution in [2.75, 3.05) is 12.4 Å². The summed E-state index contributed by atoms with van der Waals surface area (Å²) in [5, 5.41) is 3.74. The van der Waals surface area contributed by atoms with Crippen molar-refractivity contribution in [1.29, 1.82) is 0 Å². The lowest BCUT2D eigenvalue weighted by molar-refractivity contribution is 0.0725. The molecule has 2 heterocycles. The van der Waals surface area contributed by atoms with Crippen molar-refractivity contribution in [3.05, 3.63) is 47.5 Å². The number of methoxy groups -OCH3 is 1. The van der Waals surface area contributed by atoms with E-state index in [9.17, 15) is 0 Å². The monoisotopic (exact) mass is 417 g/mol. The third kappa shape index (κ3) is 3.43. The Balaban J connectivity index is 1.71. The summed E-state index contributed by atoms with van der Waals surface area (Å²) in [4.78, 5) is 0. The first-order chi connectivity index (χ1) is 14.7. The highest BCUT2D eigenvalue weighted by Gasteiger charge is 2.40. The Kier molecular flexibility index (Phi) is 4.66. The van der Waals surface area contributed by atoms with Gasteiger partial charge in [-0.15, -0.1) is 0 Å². The first-order valence-electron chi connectivity index (χ1n) is 11.7. The molecular formula is C28H35NO2. The highest BCUT2D eigenvalue weighted by molar-refractivity contribution is 5.91. The molecule has 5 rings (SSSR count). The van der Waals surface area contributed by atoms with E-state index in [2.05, 4.69) is 64.2 Å². The minimum atomic E-state index is -0.0548. The van der Waals surface area contributed by atoms with Gasteiger partial charge in [-0.3, -0.25) is 0 Å². The molecule has 1 unspecified atom stereocenters. The zero-order chi connectivity index (χ0) is 22.0. The van der Waals surface area contributed by atoms with E-state index in [1.54, 1.807) is 7.11 Å². The van der Waals surface area contributed by atoms with Gasteiger partial charge in [-0.25, -0.2) is 0 Å². The highest BCUT2D eigenvalue weighted by atomic mass is 16.5. The summed E-state index contributed by atoms with van der Waals surface area (Å²) >= 11 is 0. The molecule has 3 aliphatic rings. The summed E-state index contributed by atoms with van der Waals surface area (Å²) in [5.41, 5.74) is 7.95. The normalized spacial score (nSPS) is 23.4. The summed E-state index contributed by atoms with van der Waals surface area (Å²) in [6.45, 7) is 11.5. The van der Waals surface area contributed by atoms with Gasteiger partial charge in [-0.1, -0.05) is 32.1 Å². The van der Waals surface area contributed by atoms with Gasteiger partial charge < -0.3 is 14.8 Å². The number of nitrogens with one attached hydrogen (secondary N) is 1. The van der Waals surface area contributed by atoms with Crippen LogP contribution in [0.3, 0.4) is 0 Å². The third-order valence-electron chi connectivity index (χ3n) is 7.50. The van der Waals surface area contributed by atoms with Gasteiger partial charge in [0, 0.05) is 22.7 Å². The Morgan fingerprint density at radius 2 is 1.74 bits per heavy atom. The molecule has 3 heteroatoms. The van der Waals surface area contributed by atoms with E-state index in [4.69, 9.17) is 9.47 Å². The molecule has 1 saturated carbocycles. The molecule has 1 atom stereocenters. The van der Waals surface area contributed by atoms with Crippen LogP contribution in [0.4, 0.5) is 5.69 Å². The molecule has 1 N–H and O–H groups in total. The van der Waals surface area contributed by atoms with Crippen molar-refractivity contribution in [3.8, 4) is 22.6 Å². The SMILES string of the molecule is COc1cccc2c1-c1ccc3c(c1C(C1CCC(C)(C)CC1)O2)C(C)=CC(C)(C)N3. The van der Waals surface area contributed by atoms with E-state index in [0.29, 0.717) is 11.3 Å². The van der Waals surface area contributed by atoms with Gasteiger partial charge in [0.25, 0.3) is 0 Å². The highest BCUT2D eigenvalue weighted by Crippen LogP contribution is 2.55. The summed E-state index contributed by atoms with van der Waals surface area (Å²) in [6, 6.07) is 10.7. The lowest BCUT2D eigenvalue weighted by Gasteiger charge is -2.42. The lowest BCUT2D eigenvalue weighted by Crippen LogP contribution is -2.34. The Hall–Kier alpha value is -2.42. The average molecular weight is 418 g/mol. The molecule has 31 heavy (non-hydrogen) atoms. The molecule has 164 valence electrons. The molecule has 2 aliphatic heterocycles. The molecule has 0 saturated heterocycles. The summed E-state index contributed by atoms with van der Waals surface area (Å²) in [7, 11) is 1.75. The van der Waals surface area contributed by atoms with Gasteiger partial charge in [0.2, 0.25) is 0 Å². The zero-order valence-corrected chi connectivity index (χ0v) is 19.8. The van der Waals surface area contributed by atoms with Crippen molar-refractivity contribution >= 4 is 11.3 Å². The standard InChI is InChI=1S/C28H35NO2/c1-17-16-28(4,5)29-20-11-10-19-24-21(30-6)8-7-9-22(24)31-26(25(19)23(17)20)18-12-14-27(2,3)15-13-18/h7-11,16,18,26,29H,12-15H2,1-6H3. The zero-order valence-electron chi connectivity index (χ0n) is 19.8. The molecule has 0 amide bonds. The predicted molar refractivity (Wildman–Crippen MR) is 129 cm³/mol. The van der Waals surface area contributed by atoms with Gasteiger partial charge in [-0.2, -0.15) is 0 Å². The Morgan fingerprint density at radius 3 is 2.45 bits per heavy atom. The van der Waals surface area contributed by atoms with Gasteiger partial charge in [0.15, 0.2) is 0 Å². The number of ether oxygens (including phenoxy) is 2. The Labute approximate surface area is 186 Å². The molecule has 2 aromatic rings. The van der Waals surface area contributed by atoms with Crippen LogP contribution in [-0.2, 0) is 0 Å². The number of anilines is 1. The second kappa shape index (κ2) is 7.05. The number of fused-ring (bicyclic) bond motifs is 5. The molecule has 1 aliphatic carbocycles. The van der Waals surface area contributed by atoms with Gasteiger partial charge in [-0.05, 0) is 81.2 Å². The maximum Gasteiger partial charge on any atom is 0.131 e. The molecule has 0 spiro atoms. The van der Waals surface area contributed by atoms with Crippen molar-refractivity contribution in [1.82, 2.24) is 0 Å². The molecule has 0 radical (unpaired) electrons. The second-order valence-corrected chi connectivity index (χ2v) is 11.0. The van der Waals surface area contributed by atoms with Crippen LogP contribution in [0.1, 0.15) is 77.5 Å². The fraction of sp³-hybridized carbons (Fsp3) is 0.500. The minimum Gasteiger partial charge on any atom is -0.496 e. The molecule has 1 fully saturated rings. The third-order valence-corrected chi connectivity index (χ3v) is 7.50. The fourth-order valence-electron chi connectivity index (χ4n) is 5.96. The van der Waals surface area contributed by atoms with Gasteiger partial charge in [0.05, 0.1) is 18.2 Å². The average Bonchev–Trinajstić information content (AvgIpc) is 2.71. The van der Waals surface area contributed by atoms with Crippen LogP contribution in [-0.4, -0.2) is 12.6 Å². The van der Waals surface area contributed by atoms with Crippen LogP contribution in [0.2, 0.25) is 0 Å². The first kappa shape index (κ1) is 20.5. The molecule has 2 aromatic carbocycles. The molecule has 3 nitrogen and oxygen atoms in total. The van der Waals surface area contributed by atoms with E-state index in [0.717, 1.165) is 17.1 Å². The Morgan fingerprint density at radius 1 is 1.00 bits per heavy atom. The Bertz CT molecular complexity index is 1050. The predicted octanol–water partition coefficient (Wildman–Crippen LogP) is 7.62. The quantitative estimate of drug-likeness (QED) is 0.545. The van der Waals surface area contributed by atoms with Crippen LogP contribution in [0.25, 0.3) is 16.7 Å². The number of allylic oxidation sites excluding steroid dienone is 1. The van der Waals surface area contributed by atoms with E-state index in [1.807, 2.05) is 12.1 Å². The fourth-order valence-corrected chi connectivity index (χ4v) is 5.96. The van der Waals surface area contributed by atoms with Crippen molar-refractivity contribution in [2.24, 2.45) is 11.3 Å². The van der Waals surface area contributed by atoms with Crippen LogP contribution in [0.5, 0.6) is 11.5 Å². The maximum absolute atomic E-state index is 6.84. The van der Waals surface area contributed by atoms with Gasteiger partial charge in [0.1, 0.15) is 17.6 Å². The summed E-state index contributed by atoms with van der Waals surface area (Å²) in [6.07, 6.45) is 7.37. The summed E-state index contributed by atoms with van der Waals surface area (Å²) < 4.78 is 12.6. The van der Waals surface area contributed by atoms with Crippen LogP contribution < -0.4 is 14.8 Å².